The molecule has 0 fully saturated rings. The molecule has 326 valence electrons. The third kappa shape index (κ3) is 42.8. The van der Waals surface area contributed by atoms with E-state index in [2.05, 4.69) is 55.5 Å². The van der Waals surface area contributed by atoms with Crippen LogP contribution in [-0.2, 0) is 0 Å². The predicted molar refractivity (Wildman–Crippen MR) is 241 cm³/mol. The lowest BCUT2D eigenvalue weighted by atomic mass is 10.1. The second-order valence-corrected chi connectivity index (χ2v) is 17.6. The van der Waals surface area contributed by atoms with Crippen molar-refractivity contribution in [1.82, 2.24) is 0 Å². The van der Waals surface area contributed by atoms with Gasteiger partial charge in [-0.1, -0.05) is 177 Å². The van der Waals surface area contributed by atoms with Crippen molar-refractivity contribution in [3.05, 3.63) is 0 Å². The molecule has 0 aliphatic heterocycles. The van der Waals surface area contributed by atoms with E-state index in [9.17, 15) is 0 Å². The zero-order valence-electron chi connectivity index (χ0n) is 38.8. The smallest absolute Gasteiger partial charge is 0.0786 e. The molecule has 0 aliphatic carbocycles. The van der Waals surface area contributed by atoms with E-state index in [1.165, 1.54) is 273 Å². The van der Waals surface area contributed by atoms with Crippen molar-refractivity contribution in [2.24, 2.45) is 0 Å². The molecule has 0 aliphatic rings. The van der Waals surface area contributed by atoms with Crippen molar-refractivity contribution in [3.63, 3.8) is 0 Å². The van der Waals surface area contributed by atoms with Crippen LogP contribution in [0, 0.1) is 0 Å². The van der Waals surface area contributed by atoms with E-state index in [1.54, 1.807) is 0 Å². The first-order valence-corrected chi connectivity index (χ1v) is 24.6. The summed E-state index contributed by atoms with van der Waals surface area (Å²) in [5, 5.41) is 0. The molecule has 0 saturated carbocycles. The molecule has 4 heteroatoms. The van der Waals surface area contributed by atoms with E-state index >= 15 is 0 Å². The highest BCUT2D eigenvalue weighted by molar-refractivity contribution is 4.54. The predicted octanol–water partition coefficient (Wildman–Crippen LogP) is 16.3. The van der Waals surface area contributed by atoms with Crippen LogP contribution in [0.4, 0.5) is 0 Å². The van der Waals surface area contributed by atoms with Crippen LogP contribution < -0.4 is 0 Å². The molecule has 0 aromatic heterocycles. The average Bonchev–Trinajstić information content (AvgIpc) is 3.13. The van der Waals surface area contributed by atoms with Crippen LogP contribution in [-0.4, -0.2) is 72.8 Å². The van der Waals surface area contributed by atoms with Crippen molar-refractivity contribution in [2.75, 3.05) is 52.9 Å². The summed E-state index contributed by atoms with van der Waals surface area (Å²) in [4.78, 5) is 0. The third-order valence-corrected chi connectivity index (χ3v) is 12.1. The SMILES string of the molecule is CCCCCCCC[N+](C)(CCCCCCCC)CCCCCCCC.CCCCCC[N+](CCCCCC)(CCCCCC)CCCCCC.[OH-].[OH-]. The molecule has 0 unspecified atom stereocenters. The van der Waals surface area contributed by atoms with Crippen molar-refractivity contribution in [3.8, 4) is 0 Å². The van der Waals surface area contributed by atoms with Crippen LogP contribution in [0.2, 0.25) is 0 Å². The highest BCUT2D eigenvalue weighted by atomic mass is 16.0. The van der Waals surface area contributed by atoms with Gasteiger partial charge in [-0.3, -0.25) is 0 Å². The molecule has 0 saturated heterocycles. The largest absolute Gasteiger partial charge is 0.870 e. The minimum Gasteiger partial charge on any atom is -0.870 e. The van der Waals surface area contributed by atoms with Gasteiger partial charge < -0.3 is 19.9 Å². The van der Waals surface area contributed by atoms with Crippen LogP contribution in [0.5, 0.6) is 0 Å². The fourth-order valence-corrected chi connectivity index (χ4v) is 8.32. The van der Waals surface area contributed by atoms with Gasteiger partial charge in [-0.25, -0.2) is 0 Å². The molecule has 53 heavy (non-hydrogen) atoms. The number of nitrogens with zero attached hydrogens (tertiary/aromatic N) is 2. The second kappa shape index (κ2) is 48.0. The minimum atomic E-state index is 0. The number of hydrogen-bond donors (Lipinski definition) is 0. The lowest BCUT2D eigenvalue weighted by molar-refractivity contribution is -0.929. The van der Waals surface area contributed by atoms with Gasteiger partial charge in [0.25, 0.3) is 0 Å². The second-order valence-electron chi connectivity index (χ2n) is 17.6. The lowest BCUT2D eigenvalue weighted by Crippen LogP contribution is -2.50. The van der Waals surface area contributed by atoms with Crippen molar-refractivity contribution < 1.29 is 19.9 Å². The number of unbranched alkanes of at least 4 members (excludes halogenated alkanes) is 27. The maximum Gasteiger partial charge on any atom is 0.0786 e. The quantitative estimate of drug-likeness (QED) is 0.0461. The van der Waals surface area contributed by atoms with Crippen molar-refractivity contribution in [2.45, 2.75) is 267 Å². The maximum atomic E-state index is 2.56. The van der Waals surface area contributed by atoms with Crippen molar-refractivity contribution in [1.29, 1.82) is 0 Å². The molecule has 0 heterocycles. The molecule has 2 N–H and O–H groups in total. The summed E-state index contributed by atoms with van der Waals surface area (Å²) in [6.45, 7) is 26.4. The topological polar surface area (TPSA) is 60.0 Å². The number of rotatable bonds is 41. The maximum absolute atomic E-state index is 2.56. The van der Waals surface area contributed by atoms with Gasteiger partial charge in [0.1, 0.15) is 0 Å². The highest BCUT2D eigenvalue weighted by Crippen LogP contribution is 2.20. The average molecular weight is 757 g/mol. The van der Waals surface area contributed by atoms with Gasteiger partial charge in [-0.2, -0.15) is 0 Å². The van der Waals surface area contributed by atoms with E-state index in [0.717, 1.165) is 0 Å². The first-order chi connectivity index (χ1) is 24.9. The van der Waals surface area contributed by atoms with E-state index < -0.39 is 0 Å². The van der Waals surface area contributed by atoms with Gasteiger partial charge in [0.05, 0.1) is 52.9 Å². The van der Waals surface area contributed by atoms with E-state index in [1.807, 2.05) is 0 Å². The Bertz CT molecular complexity index is 533. The van der Waals surface area contributed by atoms with E-state index in [-0.39, 0.29) is 11.0 Å². The van der Waals surface area contributed by atoms with E-state index in [0.29, 0.717) is 0 Å². The molecular weight excluding hydrogens is 649 g/mol. The molecule has 0 radical (unpaired) electrons. The lowest BCUT2D eigenvalue weighted by Gasteiger charge is -2.39. The zero-order chi connectivity index (χ0) is 38.0. The Morgan fingerprint density at radius 2 is 0.358 bits per heavy atom. The molecule has 0 spiro atoms. The Morgan fingerprint density at radius 3 is 0.566 bits per heavy atom. The molecule has 0 bridgehead atoms. The molecular formula is C49H108N2O2. The Balaban J connectivity index is -0.000000437. The number of quaternary nitrogens is 2. The fraction of sp³-hybridized carbons (Fsp3) is 1.00. The summed E-state index contributed by atoms with van der Waals surface area (Å²) in [5.74, 6) is 0. The first-order valence-electron chi connectivity index (χ1n) is 24.6. The first kappa shape index (κ1) is 59.5. The van der Waals surface area contributed by atoms with Crippen LogP contribution in [0.3, 0.4) is 0 Å². The Hall–Kier alpha value is -0.160. The van der Waals surface area contributed by atoms with Crippen LogP contribution in [0.25, 0.3) is 0 Å². The monoisotopic (exact) mass is 757 g/mol. The molecule has 0 aromatic rings. The molecule has 0 amide bonds. The van der Waals surface area contributed by atoms with Crippen LogP contribution >= 0.6 is 0 Å². The van der Waals surface area contributed by atoms with E-state index in [4.69, 9.17) is 0 Å². The van der Waals surface area contributed by atoms with Crippen LogP contribution in [0.15, 0.2) is 0 Å². The van der Waals surface area contributed by atoms with Gasteiger partial charge in [0, 0.05) is 0 Å². The third-order valence-electron chi connectivity index (χ3n) is 12.1. The summed E-state index contributed by atoms with van der Waals surface area (Å²) in [6, 6.07) is 0. The Kier molecular flexibility index (Phi) is 53.9. The standard InChI is InChI=1S/C25H54N.C24H52N.2H2O/c1-5-8-11-14-17-20-23-26(4,24-21-18-15-12-9-6-2)25-22-19-16-13-10-7-3;1-5-9-13-17-21-25(22-18-14-10-6-2,23-19-15-11-7-3)24-20-16-12-8-4;;/h5-25H2,1-4H3;5-24H2,1-4H3;2*1H2/q2*+1;;/p-2. The number of hydrogen-bond acceptors (Lipinski definition) is 2. The molecule has 4 nitrogen and oxygen atoms in total. The Labute approximate surface area is 338 Å². The van der Waals surface area contributed by atoms with Gasteiger partial charge in [0.2, 0.25) is 0 Å². The Morgan fingerprint density at radius 1 is 0.208 bits per heavy atom. The summed E-state index contributed by atoms with van der Waals surface area (Å²) in [7, 11) is 2.56. The minimum absolute atomic E-state index is 0. The zero-order valence-corrected chi connectivity index (χ0v) is 38.8. The van der Waals surface area contributed by atoms with Gasteiger partial charge >= 0.3 is 0 Å². The molecule has 0 aromatic carbocycles. The fourth-order valence-electron chi connectivity index (χ4n) is 8.32. The normalized spacial score (nSPS) is 11.5. The summed E-state index contributed by atoms with van der Waals surface area (Å²) in [5.41, 5.74) is 0. The summed E-state index contributed by atoms with van der Waals surface area (Å²) < 4.78 is 2.82. The van der Waals surface area contributed by atoms with Gasteiger partial charge in [-0.05, 0) is 89.9 Å². The highest BCUT2D eigenvalue weighted by Gasteiger charge is 2.25. The summed E-state index contributed by atoms with van der Waals surface area (Å²) >= 11 is 0. The van der Waals surface area contributed by atoms with Crippen LogP contribution in [0.1, 0.15) is 267 Å². The van der Waals surface area contributed by atoms with Gasteiger partial charge in [0.15, 0.2) is 0 Å². The summed E-state index contributed by atoms with van der Waals surface area (Å²) in [6.07, 6.45) is 48.7. The van der Waals surface area contributed by atoms with Gasteiger partial charge in [-0.15, -0.1) is 0 Å². The molecule has 0 atom stereocenters. The van der Waals surface area contributed by atoms with Crippen molar-refractivity contribution >= 4 is 0 Å². The molecule has 0 rings (SSSR count).